The van der Waals surface area contributed by atoms with Crippen molar-refractivity contribution >= 4 is 11.7 Å². The first kappa shape index (κ1) is 14.3. The van der Waals surface area contributed by atoms with E-state index in [1.165, 1.54) is 0 Å². The quantitative estimate of drug-likeness (QED) is 0.438. The number of carbonyl (C=O) groups is 1. The molecule has 5 heteroatoms. The maximum Gasteiger partial charge on any atom is 0.341 e. The zero-order valence-electron chi connectivity index (χ0n) is 10.5. The highest BCUT2D eigenvalue weighted by Crippen LogP contribution is 2.23. The van der Waals surface area contributed by atoms with E-state index < -0.39 is 5.97 Å². The van der Waals surface area contributed by atoms with E-state index in [-0.39, 0.29) is 6.61 Å². The number of aliphatic hydroxyl groups excluding tert-OH is 1. The molecule has 0 amide bonds. The van der Waals surface area contributed by atoms with Crippen LogP contribution >= 0.6 is 0 Å². The van der Waals surface area contributed by atoms with E-state index >= 15 is 0 Å². The van der Waals surface area contributed by atoms with Gasteiger partial charge in [0.2, 0.25) is 0 Å². The van der Waals surface area contributed by atoms with Gasteiger partial charge in [-0.25, -0.2) is 4.79 Å². The molecule has 0 heterocycles. The first-order valence-corrected chi connectivity index (χ1v) is 5.99. The van der Waals surface area contributed by atoms with Gasteiger partial charge in [0.1, 0.15) is 11.3 Å². The van der Waals surface area contributed by atoms with Gasteiger partial charge in [-0.2, -0.15) is 0 Å². The molecule has 0 atom stereocenters. The molecule has 0 bridgehead atoms. The van der Waals surface area contributed by atoms with Crippen molar-refractivity contribution in [3.8, 4) is 5.75 Å². The number of ether oxygens (including phenoxy) is 2. The lowest BCUT2D eigenvalue weighted by molar-refractivity contribution is 0.0521. The summed E-state index contributed by atoms with van der Waals surface area (Å²) in [7, 11) is 0. The topological polar surface area (TPSA) is 81.8 Å². The number of nitrogens with two attached hydrogens (primary N) is 1. The van der Waals surface area contributed by atoms with Crippen molar-refractivity contribution in [2.24, 2.45) is 0 Å². The molecule has 1 aromatic carbocycles. The largest absolute Gasteiger partial charge is 0.493 e. The molecule has 0 spiro atoms. The molecule has 0 unspecified atom stereocenters. The molecular formula is C13H19NO4. The van der Waals surface area contributed by atoms with Gasteiger partial charge in [-0.15, -0.1) is 0 Å². The van der Waals surface area contributed by atoms with Crippen LogP contribution in [-0.2, 0) is 4.74 Å². The molecule has 0 aliphatic rings. The van der Waals surface area contributed by atoms with Crippen LogP contribution in [0.15, 0.2) is 18.2 Å². The highest BCUT2D eigenvalue weighted by molar-refractivity contribution is 5.93. The maximum atomic E-state index is 11.7. The fourth-order valence-corrected chi connectivity index (χ4v) is 1.43. The van der Waals surface area contributed by atoms with E-state index in [1.54, 1.807) is 25.1 Å². The Labute approximate surface area is 107 Å². The van der Waals surface area contributed by atoms with E-state index in [2.05, 4.69) is 0 Å². The summed E-state index contributed by atoms with van der Waals surface area (Å²) in [5.41, 5.74) is 6.56. The Balaban J connectivity index is 2.73. The molecule has 5 nitrogen and oxygen atoms in total. The molecule has 100 valence electrons. The molecule has 1 rings (SSSR count). The number of esters is 1. The summed E-state index contributed by atoms with van der Waals surface area (Å²) in [6.07, 6.45) is 1.38. The smallest absolute Gasteiger partial charge is 0.341 e. The number of anilines is 1. The van der Waals surface area contributed by atoms with Crippen LogP contribution in [0.3, 0.4) is 0 Å². The van der Waals surface area contributed by atoms with Crippen LogP contribution in [0.4, 0.5) is 5.69 Å². The Kier molecular flexibility index (Phi) is 6.00. The Morgan fingerprint density at radius 2 is 2.17 bits per heavy atom. The van der Waals surface area contributed by atoms with E-state index in [1.807, 2.05) is 0 Å². The predicted molar refractivity (Wildman–Crippen MR) is 68.6 cm³/mol. The van der Waals surface area contributed by atoms with E-state index in [0.29, 0.717) is 43.1 Å². The van der Waals surface area contributed by atoms with Crippen LogP contribution in [0.5, 0.6) is 5.75 Å². The normalized spacial score (nSPS) is 10.1. The molecule has 0 saturated heterocycles. The molecule has 3 N–H and O–H groups in total. The maximum absolute atomic E-state index is 11.7. The summed E-state index contributed by atoms with van der Waals surface area (Å²) in [6.45, 7) is 2.62. The fourth-order valence-electron chi connectivity index (χ4n) is 1.43. The van der Waals surface area contributed by atoms with Gasteiger partial charge >= 0.3 is 5.97 Å². The molecule has 1 aromatic rings. The number of benzene rings is 1. The average molecular weight is 253 g/mol. The van der Waals surface area contributed by atoms with Crippen molar-refractivity contribution < 1.29 is 19.4 Å². The average Bonchev–Trinajstić information content (AvgIpc) is 2.35. The van der Waals surface area contributed by atoms with Crippen LogP contribution in [0.2, 0.25) is 0 Å². The summed E-state index contributed by atoms with van der Waals surface area (Å²) >= 11 is 0. The molecule has 18 heavy (non-hydrogen) atoms. The van der Waals surface area contributed by atoms with Crippen molar-refractivity contribution in [1.82, 2.24) is 0 Å². The van der Waals surface area contributed by atoms with Crippen molar-refractivity contribution in [2.45, 2.75) is 19.8 Å². The van der Waals surface area contributed by atoms with Crippen molar-refractivity contribution in [2.75, 3.05) is 25.6 Å². The second-order valence-electron chi connectivity index (χ2n) is 3.76. The van der Waals surface area contributed by atoms with E-state index in [4.69, 9.17) is 20.3 Å². The number of carbonyl (C=O) groups excluding carboxylic acids is 1. The number of nitrogen functional groups attached to an aromatic ring is 1. The Morgan fingerprint density at radius 1 is 1.39 bits per heavy atom. The molecule has 0 radical (unpaired) electrons. The predicted octanol–water partition coefficient (Wildman–Crippen LogP) is 1.60. The first-order chi connectivity index (χ1) is 8.69. The van der Waals surface area contributed by atoms with Gasteiger partial charge in [0.25, 0.3) is 0 Å². The van der Waals surface area contributed by atoms with Crippen molar-refractivity contribution in [3.63, 3.8) is 0 Å². The Bertz CT molecular complexity index is 393. The van der Waals surface area contributed by atoms with Crippen LogP contribution in [0.25, 0.3) is 0 Å². The van der Waals surface area contributed by atoms with Gasteiger partial charge in [0, 0.05) is 18.4 Å². The van der Waals surface area contributed by atoms with E-state index in [0.717, 1.165) is 0 Å². The fraction of sp³-hybridized carbons (Fsp3) is 0.462. The van der Waals surface area contributed by atoms with Crippen LogP contribution in [0.1, 0.15) is 30.1 Å². The number of aliphatic hydroxyl groups is 1. The zero-order chi connectivity index (χ0) is 13.4. The third-order valence-corrected chi connectivity index (χ3v) is 2.31. The van der Waals surface area contributed by atoms with Crippen LogP contribution in [-0.4, -0.2) is 30.9 Å². The highest BCUT2D eigenvalue weighted by Gasteiger charge is 2.13. The van der Waals surface area contributed by atoms with E-state index in [9.17, 15) is 4.79 Å². The minimum absolute atomic E-state index is 0.130. The zero-order valence-corrected chi connectivity index (χ0v) is 10.5. The molecule has 0 aliphatic carbocycles. The summed E-state index contributed by atoms with van der Waals surface area (Å²) in [5.74, 6) is 0.000970. The standard InChI is InChI=1S/C13H19NO4/c1-2-17-13(16)11-6-5-10(14)9-12(11)18-8-4-3-7-15/h5-6,9,15H,2-4,7-8,14H2,1H3. The summed E-state index contributed by atoms with van der Waals surface area (Å²) in [5, 5.41) is 8.67. The first-order valence-electron chi connectivity index (χ1n) is 5.99. The third-order valence-electron chi connectivity index (χ3n) is 2.31. The summed E-state index contributed by atoms with van der Waals surface area (Å²) < 4.78 is 10.4. The Hall–Kier alpha value is -1.75. The minimum Gasteiger partial charge on any atom is -0.493 e. The van der Waals surface area contributed by atoms with Gasteiger partial charge in [-0.3, -0.25) is 0 Å². The van der Waals surface area contributed by atoms with Crippen molar-refractivity contribution in [3.05, 3.63) is 23.8 Å². The van der Waals surface area contributed by atoms with Gasteiger partial charge in [-0.1, -0.05) is 0 Å². The molecule has 0 aromatic heterocycles. The lowest BCUT2D eigenvalue weighted by Crippen LogP contribution is -2.09. The summed E-state index contributed by atoms with van der Waals surface area (Å²) in [6, 6.07) is 4.83. The summed E-state index contributed by atoms with van der Waals surface area (Å²) in [4.78, 5) is 11.7. The minimum atomic E-state index is -0.422. The van der Waals surface area contributed by atoms with Gasteiger partial charge in [-0.05, 0) is 31.9 Å². The number of unbranched alkanes of at least 4 members (excludes halogenated alkanes) is 1. The SMILES string of the molecule is CCOC(=O)c1ccc(N)cc1OCCCCO. The second-order valence-corrected chi connectivity index (χ2v) is 3.76. The molecule has 0 fully saturated rings. The van der Waals surface area contributed by atoms with Crippen molar-refractivity contribution in [1.29, 1.82) is 0 Å². The van der Waals surface area contributed by atoms with Gasteiger partial charge in [0.05, 0.1) is 13.2 Å². The number of rotatable bonds is 7. The molecule has 0 saturated carbocycles. The lowest BCUT2D eigenvalue weighted by Gasteiger charge is -2.11. The molecule has 0 aliphatic heterocycles. The molecular weight excluding hydrogens is 234 g/mol. The number of hydrogen-bond acceptors (Lipinski definition) is 5. The van der Waals surface area contributed by atoms with Crippen LogP contribution in [0, 0.1) is 0 Å². The third kappa shape index (κ3) is 4.25. The van der Waals surface area contributed by atoms with Gasteiger partial charge < -0.3 is 20.3 Å². The lowest BCUT2D eigenvalue weighted by atomic mass is 10.2. The van der Waals surface area contributed by atoms with Crippen LogP contribution < -0.4 is 10.5 Å². The monoisotopic (exact) mass is 253 g/mol. The van der Waals surface area contributed by atoms with Gasteiger partial charge in [0.15, 0.2) is 0 Å². The number of hydrogen-bond donors (Lipinski definition) is 2. The Morgan fingerprint density at radius 3 is 2.83 bits per heavy atom. The second kappa shape index (κ2) is 7.55. The highest BCUT2D eigenvalue weighted by atomic mass is 16.5.